The molecule has 19 heavy (non-hydrogen) atoms. The average molecular weight is 273 g/mol. The number of hydrogen-bond donors (Lipinski definition) is 3. The maximum atomic E-state index is 12.0. The highest BCUT2D eigenvalue weighted by molar-refractivity contribution is 7.22. The normalized spacial score (nSPS) is 10.8. The van der Waals surface area contributed by atoms with Crippen LogP contribution in [0.15, 0.2) is 24.4 Å². The molecular formula is C12H11N5OS. The van der Waals surface area contributed by atoms with E-state index in [1.54, 1.807) is 13.0 Å². The third kappa shape index (κ3) is 2.15. The quantitative estimate of drug-likeness (QED) is 0.623. The van der Waals surface area contributed by atoms with Crippen molar-refractivity contribution < 1.29 is 4.79 Å². The van der Waals surface area contributed by atoms with Gasteiger partial charge in [0, 0.05) is 11.4 Å². The van der Waals surface area contributed by atoms with Crippen LogP contribution < -0.4 is 11.1 Å². The maximum absolute atomic E-state index is 12.0. The van der Waals surface area contributed by atoms with Crippen molar-refractivity contribution in [1.29, 1.82) is 0 Å². The summed E-state index contributed by atoms with van der Waals surface area (Å²) in [6.07, 6.45) is 1.50. The van der Waals surface area contributed by atoms with Crippen LogP contribution in [0, 0.1) is 6.92 Å². The van der Waals surface area contributed by atoms with E-state index in [0.29, 0.717) is 16.4 Å². The molecule has 0 unspecified atom stereocenters. The number of rotatable bonds is 2. The molecule has 3 aromatic rings. The molecule has 0 atom stereocenters. The van der Waals surface area contributed by atoms with Gasteiger partial charge in [0.25, 0.3) is 5.91 Å². The van der Waals surface area contributed by atoms with Crippen molar-refractivity contribution >= 4 is 38.3 Å². The number of carbonyl (C=O) groups excluding carboxylic acids is 1. The molecule has 2 heterocycles. The van der Waals surface area contributed by atoms with Crippen molar-refractivity contribution in [2.75, 3.05) is 11.1 Å². The van der Waals surface area contributed by atoms with E-state index in [9.17, 15) is 4.79 Å². The van der Waals surface area contributed by atoms with E-state index >= 15 is 0 Å². The van der Waals surface area contributed by atoms with Crippen LogP contribution in [0.3, 0.4) is 0 Å². The topological polar surface area (TPSA) is 96.7 Å². The summed E-state index contributed by atoms with van der Waals surface area (Å²) in [7, 11) is 0. The number of nitrogens with one attached hydrogen (secondary N) is 2. The molecule has 0 aliphatic heterocycles. The summed E-state index contributed by atoms with van der Waals surface area (Å²) < 4.78 is 0.944. The Kier molecular flexibility index (Phi) is 2.68. The minimum Gasteiger partial charge on any atom is -0.399 e. The van der Waals surface area contributed by atoms with E-state index in [1.807, 2.05) is 12.1 Å². The molecule has 3 rings (SSSR count). The SMILES string of the molecule is Cc1[nH]ncc1C(=O)Nc1nc2ccc(N)cc2s1. The third-order valence-electron chi connectivity index (χ3n) is 2.71. The molecule has 7 heteroatoms. The number of nitrogen functional groups attached to an aromatic ring is 1. The zero-order valence-corrected chi connectivity index (χ0v) is 10.9. The van der Waals surface area contributed by atoms with Crippen LogP contribution in [0.1, 0.15) is 16.1 Å². The van der Waals surface area contributed by atoms with Crippen LogP contribution in [0.2, 0.25) is 0 Å². The average Bonchev–Trinajstić information content (AvgIpc) is 2.94. The molecule has 0 radical (unpaired) electrons. The first-order valence-electron chi connectivity index (χ1n) is 5.61. The van der Waals surface area contributed by atoms with Crippen molar-refractivity contribution in [3.63, 3.8) is 0 Å². The highest BCUT2D eigenvalue weighted by Crippen LogP contribution is 2.27. The van der Waals surface area contributed by atoms with Crippen LogP contribution in [-0.2, 0) is 0 Å². The highest BCUT2D eigenvalue weighted by Gasteiger charge is 2.13. The summed E-state index contributed by atoms with van der Waals surface area (Å²) in [4.78, 5) is 16.3. The molecule has 0 bridgehead atoms. The number of H-pyrrole nitrogens is 1. The van der Waals surface area contributed by atoms with Gasteiger partial charge in [0.1, 0.15) is 0 Å². The smallest absolute Gasteiger partial charge is 0.260 e. The van der Waals surface area contributed by atoms with Crippen molar-refractivity contribution in [3.8, 4) is 0 Å². The molecule has 6 nitrogen and oxygen atoms in total. The van der Waals surface area contributed by atoms with Gasteiger partial charge in [0.2, 0.25) is 0 Å². The summed E-state index contributed by atoms with van der Waals surface area (Å²) in [6, 6.07) is 5.46. The van der Waals surface area contributed by atoms with Gasteiger partial charge in [-0.2, -0.15) is 5.10 Å². The van der Waals surface area contributed by atoms with Crippen LogP contribution in [-0.4, -0.2) is 21.1 Å². The highest BCUT2D eigenvalue weighted by atomic mass is 32.1. The van der Waals surface area contributed by atoms with E-state index in [0.717, 1.165) is 15.9 Å². The number of hydrogen-bond acceptors (Lipinski definition) is 5. The van der Waals surface area contributed by atoms with Gasteiger partial charge in [-0.05, 0) is 25.1 Å². The number of carbonyl (C=O) groups is 1. The van der Waals surface area contributed by atoms with Gasteiger partial charge >= 0.3 is 0 Å². The number of aryl methyl sites for hydroxylation is 1. The third-order valence-corrected chi connectivity index (χ3v) is 3.64. The predicted octanol–water partition coefficient (Wildman–Crippen LogP) is 2.16. The lowest BCUT2D eigenvalue weighted by molar-refractivity contribution is 0.102. The largest absolute Gasteiger partial charge is 0.399 e. The zero-order chi connectivity index (χ0) is 13.4. The lowest BCUT2D eigenvalue weighted by Crippen LogP contribution is -2.11. The molecule has 0 saturated carbocycles. The van der Waals surface area contributed by atoms with E-state index in [-0.39, 0.29) is 5.91 Å². The van der Waals surface area contributed by atoms with Gasteiger partial charge in [-0.1, -0.05) is 11.3 Å². The first-order valence-corrected chi connectivity index (χ1v) is 6.42. The second-order valence-corrected chi connectivity index (χ2v) is 5.14. The molecule has 0 aliphatic carbocycles. The van der Waals surface area contributed by atoms with Crippen LogP contribution >= 0.6 is 11.3 Å². The summed E-state index contributed by atoms with van der Waals surface area (Å²) in [5, 5.41) is 9.85. The predicted molar refractivity (Wildman–Crippen MR) is 75.3 cm³/mol. The summed E-state index contributed by atoms with van der Waals surface area (Å²) in [5.74, 6) is -0.224. The van der Waals surface area contributed by atoms with Crippen LogP contribution in [0.4, 0.5) is 10.8 Å². The fourth-order valence-electron chi connectivity index (χ4n) is 1.74. The number of nitrogens with two attached hydrogens (primary N) is 1. The van der Waals surface area contributed by atoms with Crippen molar-refractivity contribution in [2.45, 2.75) is 6.92 Å². The van der Waals surface area contributed by atoms with Gasteiger partial charge in [-0.15, -0.1) is 0 Å². The van der Waals surface area contributed by atoms with Crippen LogP contribution in [0.5, 0.6) is 0 Å². The second-order valence-electron chi connectivity index (χ2n) is 4.11. The maximum Gasteiger partial charge on any atom is 0.260 e. The second kappa shape index (κ2) is 4.36. The Hall–Kier alpha value is -2.41. The number of anilines is 2. The lowest BCUT2D eigenvalue weighted by atomic mass is 10.2. The molecule has 0 saturated heterocycles. The number of nitrogens with zero attached hydrogens (tertiary/aromatic N) is 2. The van der Waals surface area contributed by atoms with Crippen molar-refractivity contribution in [2.24, 2.45) is 0 Å². The molecule has 1 amide bonds. The Morgan fingerprint density at radius 2 is 2.32 bits per heavy atom. The number of fused-ring (bicyclic) bond motifs is 1. The van der Waals surface area contributed by atoms with Crippen molar-refractivity contribution in [3.05, 3.63) is 35.7 Å². The first kappa shape index (κ1) is 11.7. The Labute approximate surface area is 112 Å². The summed E-state index contributed by atoms with van der Waals surface area (Å²) >= 11 is 1.39. The number of aromatic amines is 1. The number of benzene rings is 1. The zero-order valence-electron chi connectivity index (χ0n) is 10.1. The van der Waals surface area contributed by atoms with E-state index in [2.05, 4.69) is 20.5 Å². The van der Waals surface area contributed by atoms with Gasteiger partial charge in [-0.25, -0.2) is 4.98 Å². The number of amides is 1. The number of aromatic nitrogens is 3. The van der Waals surface area contributed by atoms with E-state index in [1.165, 1.54) is 17.5 Å². The molecule has 2 aromatic heterocycles. The minimum atomic E-state index is -0.224. The molecule has 4 N–H and O–H groups in total. The minimum absolute atomic E-state index is 0.224. The van der Waals surface area contributed by atoms with Gasteiger partial charge < -0.3 is 5.73 Å². The molecule has 0 fully saturated rings. The fraction of sp³-hybridized carbons (Fsp3) is 0.0833. The summed E-state index contributed by atoms with van der Waals surface area (Å²) in [6.45, 7) is 1.79. The lowest BCUT2D eigenvalue weighted by Gasteiger charge is -1.98. The Morgan fingerprint density at radius 3 is 3.05 bits per heavy atom. The molecular weight excluding hydrogens is 262 g/mol. The van der Waals surface area contributed by atoms with E-state index < -0.39 is 0 Å². The molecule has 96 valence electrons. The molecule has 0 spiro atoms. The van der Waals surface area contributed by atoms with E-state index in [4.69, 9.17) is 5.73 Å². The number of thiazole rings is 1. The fourth-order valence-corrected chi connectivity index (χ4v) is 2.65. The van der Waals surface area contributed by atoms with Crippen molar-refractivity contribution in [1.82, 2.24) is 15.2 Å². The van der Waals surface area contributed by atoms with Gasteiger partial charge in [0.05, 0.1) is 22.0 Å². The molecule has 0 aliphatic rings. The Morgan fingerprint density at radius 1 is 1.47 bits per heavy atom. The monoisotopic (exact) mass is 273 g/mol. The summed E-state index contributed by atoms with van der Waals surface area (Å²) in [5.41, 5.74) is 8.45. The Balaban J connectivity index is 1.89. The van der Waals surface area contributed by atoms with Gasteiger partial charge in [-0.3, -0.25) is 15.2 Å². The molecule has 1 aromatic carbocycles. The standard InChI is InChI=1S/C12H11N5OS/c1-6-8(5-14-17-6)11(18)16-12-15-9-3-2-7(13)4-10(9)19-12/h2-5H,13H2,1H3,(H,14,17)(H,15,16,18). The Bertz CT molecular complexity index is 760. The van der Waals surface area contributed by atoms with Crippen LogP contribution in [0.25, 0.3) is 10.2 Å². The first-order chi connectivity index (χ1) is 9.13. The van der Waals surface area contributed by atoms with Gasteiger partial charge in [0.15, 0.2) is 5.13 Å².